The van der Waals surface area contributed by atoms with Crippen molar-refractivity contribution in [1.82, 2.24) is 15.0 Å². The molecule has 1 saturated carbocycles. The summed E-state index contributed by atoms with van der Waals surface area (Å²) in [5, 5.41) is 7.81. The predicted molar refractivity (Wildman–Crippen MR) is 112 cm³/mol. The number of hydrogen-bond donors (Lipinski definition) is 2. The van der Waals surface area contributed by atoms with E-state index in [1.54, 1.807) is 6.20 Å². The fourth-order valence-corrected chi connectivity index (χ4v) is 5.06. The average molecular weight is 398 g/mol. The number of aldehydes is 1. The molecule has 0 amide bonds. The SMILES string of the molecule is CCC1Nc2nc(Sc3cccnc3)nc(NC3CCCCC3)c2C1(C)C=O. The van der Waals surface area contributed by atoms with Gasteiger partial charge in [-0.1, -0.05) is 26.2 Å². The van der Waals surface area contributed by atoms with Crippen LogP contribution in [0.2, 0.25) is 0 Å². The lowest BCUT2D eigenvalue weighted by atomic mass is 9.79. The molecule has 28 heavy (non-hydrogen) atoms. The van der Waals surface area contributed by atoms with Crippen LogP contribution in [0.5, 0.6) is 0 Å². The minimum Gasteiger partial charge on any atom is -0.367 e. The second kappa shape index (κ2) is 8.07. The Morgan fingerprint density at radius 1 is 1.32 bits per heavy atom. The standard InChI is InChI=1S/C21H27N5OS/c1-3-16-21(2,13-27)17-18(23-14-8-5-4-6-9-14)25-20(26-19(17)24-16)28-15-10-7-11-22-12-15/h7,10-14,16H,3-6,8-9H2,1-2H3,(H2,23,24,25,26). The summed E-state index contributed by atoms with van der Waals surface area (Å²) >= 11 is 1.49. The predicted octanol–water partition coefficient (Wildman–Crippen LogP) is 4.43. The third kappa shape index (κ3) is 3.60. The van der Waals surface area contributed by atoms with Crippen LogP contribution in [0.3, 0.4) is 0 Å². The van der Waals surface area contributed by atoms with Crippen molar-refractivity contribution in [1.29, 1.82) is 0 Å². The monoisotopic (exact) mass is 397 g/mol. The highest BCUT2D eigenvalue weighted by Crippen LogP contribution is 2.45. The Labute approximate surface area is 170 Å². The Morgan fingerprint density at radius 3 is 2.82 bits per heavy atom. The van der Waals surface area contributed by atoms with Gasteiger partial charge in [-0.05, 0) is 50.1 Å². The van der Waals surface area contributed by atoms with Gasteiger partial charge in [-0.15, -0.1) is 0 Å². The van der Waals surface area contributed by atoms with Crippen LogP contribution in [0.1, 0.15) is 57.9 Å². The molecule has 0 bridgehead atoms. The van der Waals surface area contributed by atoms with Gasteiger partial charge in [-0.25, -0.2) is 9.97 Å². The minimum atomic E-state index is -0.626. The third-order valence-corrected chi connectivity index (χ3v) is 6.75. The van der Waals surface area contributed by atoms with Gasteiger partial charge in [-0.3, -0.25) is 4.98 Å². The van der Waals surface area contributed by atoms with Crippen LogP contribution in [0.15, 0.2) is 34.6 Å². The van der Waals surface area contributed by atoms with Crippen LogP contribution >= 0.6 is 11.8 Å². The van der Waals surface area contributed by atoms with Crippen molar-refractivity contribution >= 4 is 29.7 Å². The van der Waals surface area contributed by atoms with Crippen LogP contribution in [-0.4, -0.2) is 33.3 Å². The average Bonchev–Trinajstić information content (AvgIpc) is 3.02. The van der Waals surface area contributed by atoms with Gasteiger partial charge in [0.15, 0.2) is 5.16 Å². The molecule has 0 aromatic carbocycles. The van der Waals surface area contributed by atoms with Gasteiger partial charge < -0.3 is 15.4 Å². The first-order chi connectivity index (χ1) is 13.6. The molecule has 2 unspecified atom stereocenters. The molecule has 2 atom stereocenters. The second-order valence-electron chi connectivity index (χ2n) is 7.85. The Bertz CT molecular complexity index is 840. The van der Waals surface area contributed by atoms with Crippen molar-refractivity contribution in [3.05, 3.63) is 30.1 Å². The molecule has 0 spiro atoms. The van der Waals surface area contributed by atoms with Crippen molar-refractivity contribution < 1.29 is 4.79 Å². The second-order valence-corrected chi connectivity index (χ2v) is 8.89. The number of rotatable bonds is 6. The van der Waals surface area contributed by atoms with E-state index in [0.29, 0.717) is 11.2 Å². The maximum absolute atomic E-state index is 12.1. The number of carbonyl (C=O) groups is 1. The lowest BCUT2D eigenvalue weighted by molar-refractivity contribution is -0.112. The molecule has 2 aliphatic rings. The summed E-state index contributed by atoms with van der Waals surface area (Å²) in [7, 11) is 0. The number of nitrogens with one attached hydrogen (secondary N) is 2. The molecule has 7 heteroatoms. The summed E-state index contributed by atoms with van der Waals surface area (Å²) in [5.74, 6) is 1.59. The maximum atomic E-state index is 12.1. The van der Waals surface area contributed by atoms with E-state index in [9.17, 15) is 4.79 Å². The molecule has 1 aliphatic heterocycles. The van der Waals surface area contributed by atoms with E-state index in [4.69, 9.17) is 9.97 Å². The summed E-state index contributed by atoms with van der Waals surface area (Å²) < 4.78 is 0. The molecule has 6 nitrogen and oxygen atoms in total. The molecular formula is C21H27N5OS. The quantitative estimate of drug-likeness (QED) is 0.551. The van der Waals surface area contributed by atoms with E-state index in [-0.39, 0.29) is 6.04 Å². The Hall–Kier alpha value is -2.15. The van der Waals surface area contributed by atoms with Crippen LogP contribution < -0.4 is 10.6 Å². The van der Waals surface area contributed by atoms with Gasteiger partial charge in [-0.2, -0.15) is 0 Å². The van der Waals surface area contributed by atoms with Crippen LogP contribution in [0, 0.1) is 0 Å². The zero-order valence-electron chi connectivity index (χ0n) is 16.4. The molecule has 3 heterocycles. The number of hydrogen-bond acceptors (Lipinski definition) is 7. The molecule has 1 aliphatic carbocycles. The number of nitrogens with zero attached hydrogens (tertiary/aromatic N) is 3. The zero-order valence-corrected chi connectivity index (χ0v) is 17.3. The van der Waals surface area contributed by atoms with Gasteiger partial charge in [0, 0.05) is 29.4 Å². The smallest absolute Gasteiger partial charge is 0.196 e. The Morgan fingerprint density at radius 2 is 2.14 bits per heavy atom. The number of aromatic nitrogens is 3. The van der Waals surface area contributed by atoms with E-state index >= 15 is 0 Å². The zero-order chi connectivity index (χ0) is 19.6. The largest absolute Gasteiger partial charge is 0.367 e. The Balaban J connectivity index is 1.73. The van der Waals surface area contributed by atoms with Gasteiger partial charge in [0.05, 0.1) is 11.0 Å². The summed E-state index contributed by atoms with van der Waals surface area (Å²) in [6, 6.07) is 4.34. The van der Waals surface area contributed by atoms with Gasteiger partial charge in [0.25, 0.3) is 0 Å². The maximum Gasteiger partial charge on any atom is 0.196 e. The van der Waals surface area contributed by atoms with Crippen molar-refractivity contribution in [3.63, 3.8) is 0 Å². The topological polar surface area (TPSA) is 79.8 Å². The van der Waals surface area contributed by atoms with Crippen LogP contribution in [0.4, 0.5) is 11.6 Å². The molecule has 1 fully saturated rings. The van der Waals surface area contributed by atoms with Crippen molar-refractivity contribution in [3.8, 4) is 0 Å². The Kier molecular flexibility index (Phi) is 5.53. The number of pyridine rings is 1. The van der Waals surface area contributed by atoms with E-state index in [0.717, 1.165) is 47.6 Å². The summed E-state index contributed by atoms with van der Waals surface area (Å²) in [5.41, 5.74) is 0.286. The summed E-state index contributed by atoms with van der Waals surface area (Å²) in [6.07, 6.45) is 11.5. The van der Waals surface area contributed by atoms with Crippen LogP contribution in [0.25, 0.3) is 0 Å². The lowest BCUT2D eigenvalue weighted by Crippen LogP contribution is -2.38. The number of carbonyl (C=O) groups excluding carboxylic acids is 1. The highest BCUT2D eigenvalue weighted by molar-refractivity contribution is 7.99. The number of fused-ring (bicyclic) bond motifs is 1. The third-order valence-electron chi connectivity index (χ3n) is 5.90. The molecule has 4 rings (SSSR count). The number of anilines is 2. The van der Waals surface area contributed by atoms with E-state index in [1.807, 2.05) is 25.3 Å². The fraction of sp³-hybridized carbons (Fsp3) is 0.524. The first kappa shape index (κ1) is 19.2. The molecule has 148 valence electrons. The van der Waals surface area contributed by atoms with Crippen molar-refractivity contribution in [2.45, 2.75) is 79.9 Å². The van der Waals surface area contributed by atoms with Crippen LogP contribution in [-0.2, 0) is 10.2 Å². The van der Waals surface area contributed by atoms with E-state index < -0.39 is 5.41 Å². The van der Waals surface area contributed by atoms with Crippen molar-refractivity contribution in [2.75, 3.05) is 10.6 Å². The minimum absolute atomic E-state index is 0.0276. The lowest BCUT2D eigenvalue weighted by Gasteiger charge is -2.28. The highest BCUT2D eigenvalue weighted by Gasteiger charge is 2.46. The molecule has 2 N–H and O–H groups in total. The normalized spacial score (nSPS) is 24.4. The van der Waals surface area contributed by atoms with E-state index in [1.165, 1.54) is 31.0 Å². The first-order valence-corrected chi connectivity index (χ1v) is 11.0. The molecule has 0 radical (unpaired) electrons. The molecule has 0 saturated heterocycles. The summed E-state index contributed by atoms with van der Waals surface area (Å²) in [4.78, 5) is 26.9. The highest BCUT2D eigenvalue weighted by atomic mass is 32.2. The molecular weight excluding hydrogens is 370 g/mol. The molecule has 2 aromatic heterocycles. The summed E-state index contributed by atoms with van der Waals surface area (Å²) in [6.45, 7) is 4.09. The van der Waals surface area contributed by atoms with E-state index in [2.05, 4.69) is 22.5 Å². The van der Waals surface area contributed by atoms with Crippen molar-refractivity contribution in [2.24, 2.45) is 0 Å². The fourth-order valence-electron chi connectivity index (χ4n) is 4.31. The van der Waals surface area contributed by atoms with Gasteiger partial charge in [0.1, 0.15) is 17.9 Å². The molecule has 2 aromatic rings. The van der Waals surface area contributed by atoms with Gasteiger partial charge >= 0.3 is 0 Å². The first-order valence-electron chi connectivity index (χ1n) is 10.1. The van der Waals surface area contributed by atoms with Gasteiger partial charge in [0.2, 0.25) is 0 Å².